The lowest BCUT2D eigenvalue weighted by atomic mass is 10.2. The molecular formula is C17H16BrCl2NO2S. The zero-order valence-electron chi connectivity index (χ0n) is 12.9. The quantitative estimate of drug-likeness (QED) is 0.463. The first-order valence-corrected chi connectivity index (χ1v) is 9.11. The van der Waals surface area contributed by atoms with Crippen molar-refractivity contribution in [2.24, 2.45) is 0 Å². The molecule has 24 heavy (non-hydrogen) atoms. The van der Waals surface area contributed by atoms with Crippen LogP contribution in [0.15, 0.2) is 40.9 Å². The first-order chi connectivity index (χ1) is 11.5. The van der Waals surface area contributed by atoms with E-state index in [1.807, 2.05) is 18.2 Å². The van der Waals surface area contributed by atoms with Crippen molar-refractivity contribution in [1.29, 1.82) is 0 Å². The van der Waals surface area contributed by atoms with E-state index in [-0.39, 0.29) is 6.61 Å². The molecule has 2 aromatic rings. The van der Waals surface area contributed by atoms with Crippen molar-refractivity contribution < 1.29 is 9.47 Å². The maximum atomic E-state index is 6.18. The molecule has 2 aromatic carbocycles. The monoisotopic (exact) mass is 447 g/mol. The van der Waals surface area contributed by atoms with Crippen molar-refractivity contribution in [3.05, 3.63) is 62.0 Å². The summed E-state index contributed by atoms with van der Waals surface area (Å²) in [6, 6.07) is 11.0. The van der Waals surface area contributed by atoms with E-state index in [0.29, 0.717) is 33.9 Å². The fourth-order valence-corrected chi connectivity index (χ4v) is 3.12. The molecule has 0 atom stereocenters. The summed E-state index contributed by atoms with van der Waals surface area (Å²) in [5, 5.41) is 4.28. The summed E-state index contributed by atoms with van der Waals surface area (Å²) in [4.78, 5) is 0.591. The van der Waals surface area contributed by atoms with Gasteiger partial charge in [-0.2, -0.15) is 0 Å². The summed E-state index contributed by atoms with van der Waals surface area (Å²) in [5.74, 6) is 0.657. The van der Waals surface area contributed by atoms with Crippen LogP contribution >= 0.6 is 51.3 Å². The third kappa shape index (κ3) is 5.33. The predicted octanol–water partition coefficient (Wildman–Crippen LogP) is 5.25. The number of methoxy groups -OCH3 is 1. The Labute approximate surface area is 165 Å². The van der Waals surface area contributed by atoms with E-state index in [4.69, 9.17) is 44.9 Å². The van der Waals surface area contributed by atoms with Gasteiger partial charge in [-0.15, -0.1) is 0 Å². The van der Waals surface area contributed by atoms with Crippen molar-refractivity contribution in [3.8, 4) is 5.75 Å². The molecule has 128 valence electrons. The van der Waals surface area contributed by atoms with Crippen molar-refractivity contribution >= 4 is 56.3 Å². The van der Waals surface area contributed by atoms with Crippen LogP contribution in [0.25, 0.3) is 0 Å². The van der Waals surface area contributed by atoms with E-state index in [2.05, 4.69) is 21.2 Å². The number of benzene rings is 2. The van der Waals surface area contributed by atoms with Gasteiger partial charge in [0.2, 0.25) is 0 Å². The summed E-state index contributed by atoms with van der Waals surface area (Å²) < 4.78 is 11.9. The van der Waals surface area contributed by atoms with Crippen LogP contribution in [-0.2, 0) is 11.3 Å². The Balaban J connectivity index is 2.16. The third-order valence-corrected chi connectivity index (χ3v) is 4.78. The number of nitrogens with one attached hydrogen (secondary N) is 1. The molecule has 3 nitrogen and oxygen atoms in total. The minimum Gasteiger partial charge on any atom is -0.488 e. The predicted molar refractivity (Wildman–Crippen MR) is 107 cm³/mol. The number of rotatable bonds is 7. The van der Waals surface area contributed by atoms with Gasteiger partial charge in [-0.3, -0.25) is 0 Å². The lowest BCUT2D eigenvalue weighted by molar-refractivity contribution is 0.204. The highest BCUT2D eigenvalue weighted by atomic mass is 79.9. The van der Waals surface area contributed by atoms with E-state index in [1.165, 1.54) is 0 Å². The molecule has 2 rings (SSSR count). The third-order valence-electron chi connectivity index (χ3n) is 3.21. The van der Waals surface area contributed by atoms with Crippen molar-refractivity contribution in [2.45, 2.75) is 6.61 Å². The lowest BCUT2D eigenvalue weighted by Gasteiger charge is -2.15. The van der Waals surface area contributed by atoms with Crippen molar-refractivity contribution in [1.82, 2.24) is 5.32 Å². The van der Waals surface area contributed by atoms with E-state index >= 15 is 0 Å². The molecule has 0 saturated carbocycles. The van der Waals surface area contributed by atoms with Gasteiger partial charge >= 0.3 is 0 Å². The molecule has 0 bridgehead atoms. The van der Waals surface area contributed by atoms with Gasteiger partial charge in [0.1, 0.15) is 17.3 Å². The minimum absolute atomic E-state index is 0.258. The molecule has 1 N–H and O–H groups in total. The summed E-state index contributed by atoms with van der Waals surface area (Å²) >= 11 is 21.3. The smallest absolute Gasteiger partial charge is 0.130 e. The van der Waals surface area contributed by atoms with Gasteiger partial charge in [0.15, 0.2) is 0 Å². The highest BCUT2D eigenvalue weighted by Crippen LogP contribution is 2.28. The van der Waals surface area contributed by atoms with Crippen LogP contribution < -0.4 is 10.1 Å². The van der Waals surface area contributed by atoms with Crippen LogP contribution in [0.3, 0.4) is 0 Å². The van der Waals surface area contributed by atoms with Gasteiger partial charge in [0, 0.05) is 33.7 Å². The van der Waals surface area contributed by atoms with Crippen molar-refractivity contribution in [2.75, 3.05) is 20.3 Å². The second-order valence-corrected chi connectivity index (χ2v) is 7.02. The first kappa shape index (κ1) is 19.5. The fraction of sp³-hybridized carbons (Fsp3) is 0.235. The molecule has 0 aromatic heterocycles. The summed E-state index contributed by atoms with van der Waals surface area (Å²) in [6.07, 6.45) is 0. The largest absolute Gasteiger partial charge is 0.488 e. The summed E-state index contributed by atoms with van der Waals surface area (Å²) in [5.41, 5.74) is 1.53. The maximum absolute atomic E-state index is 6.18. The minimum atomic E-state index is 0.258. The first-order valence-electron chi connectivity index (χ1n) is 7.15. The van der Waals surface area contributed by atoms with Crippen LogP contribution in [0.4, 0.5) is 0 Å². The molecule has 0 radical (unpaired) electrons. The number of halogens is 3. The Morgan fingerprint density at radius 2 is 1.92 bits per heavy atom. The number of hydrogen-bond acceptors (Lipinski definition) is 3. The maximum Gasteiger partial charge on any atom is 0.130 e. The van der Waals surface area contributed by atoms with Gasteiger partial charge in [-0.05, 0) is 30.3 Å². The van der Waals surface area contributed by atoms with Crippen molar-refractivity contribution in [3.63, 3.8) is 0 Å². The Morgan fingerprint density at radius 1 is 1.21 bits per heavy atom. The second kappa shape index (κ2) is 9.59. The van der Waals surface area contributed by atoms with Crippen LogP contribution in [0, 0.1) is 0 Å². The average molecular weight is 449 g/mol. The molecule has 7 heteroatoms. The van der Waals surface area contributed by atoms with E-state index in [1.54, 1.807) is 25.3 Å². The lowest BCUT2D eigenvalue weighted by Crippen LogP contribution is -2.26. The number of thiocarbonyl (C=S) groups is 1. The molecule has 0 unspecified atom stereocenters. The molecule has 0 spiro atoms. The van der Waals surface area contributed by atoms with Crippen LogP contribution in [-0.4, -0.2) is 25.2 Å². The molecule has 0 aliphatic rings. The number of hydrogen-bond donors (Lipinski definition) is 1. The molecule has 0 heterocycles. The molecular weight excluding hydrogens is 433 g/mol. The standard InChI is InChI=1S/C17H16BrCl2NO2S/c1-22-8-7-21-17(24)12-9-11(18)5-6-16(12)23-10-13-14(19)3-2-4-15(13)20/h2-6,9H,7-8,10H2,1H3,(H,21,24). The summed E-state index contributed by atoms with van der Waals surface area (Å²) in [7, 11) is 1.64. The van der Waals surface area contributed by atoms with Gasteiger partial charge in [-0.25, -0.2) is 0 Å². The van der Waals surface area contributed by atoms with E-state index in [9.17, 15) is 0 Å². The Kier molecular flexibility index (Phi) is 7.78. The topological polar surface area (TPSA) is 30.5 Å². The van der Waals surface area contributed by atoms with Gasteiger partial charge in [0.25, 0.3) is 0 Å². The Morgan fingerprint density at radius 3 is 2.58 bits per heavy atom. The Hall–Kier alpha value is -0.850. The Bertz CT molecular complexity index is 707. The zero-order chi connectivity index (χ0) is 17.5. The molecule has 0 fully saturated rings. The van der Waals surface area contributed by atoms with Crippen LogP contribution in [0.1, 0.15) is 11.1 Å². The fourth-order valence-electron chi connectivity index (χ4n) is 1.99. The molecule has 0 amide bonds. The van der Waals surface area contributed by atoms with E-state index in [0.717, 1.165) is 15.6 Å². The van der Waals surface area contributed by atoms with E-state index < -0.39 is 0 Å². The molecule has 0 aliphatic carbocycles. The van der Waals surface area contributed by atoms with Gasteiger partial charge in [0.05, 0.1) is 12.2 Å². The molecule has 0 aliphatic heterocycles. The van der Waals surface area contributed by atoms with Gasteiger partial charge < -0.3 is 14.8 Å². The highest BCUT2D eigenvalue weighted by molar-refractivity contribution is 9.10. The average Bonchev–Trinajstić information content (AvgIpc) is 2.55. The second-order valence-electron chi connectivity index (χ2n) is 4.88. The van der Waals surface area contributed by atoms with Crippen LogP contribution in [0.2, 0.25) is 10.0 Å². The molecule has 0 saturated heterocycles. The summed E-state index contributed by atoms with van der Waals surface area (Å²) in [6.45, 7) is 1.45. The van der Waals surface area contributed by atoms with Gasteiger partial charge in [-0.1, -0.05) is 57.4 Å². The SMILES string of the molecule is COCCNC(=S)c1cc(Br)ccc1OCc1c(Cl)cccc1Cl. The zero-order valence-corrected chi connectivity index (χ0v) is 16.9. The number of ether oxygens (including phenoxy) is 2. The highest BCUT2D eigenvalue weighted by Gasteiger charge is 2.12. The normalized spacial score (nSPS) is 10.5. The van der Waals surface area contributed by atoms with Crippen LogP contribution in [0.5, 0.6) is 5.75 Å².